The van der Waals surface area contributed by atoms with Gasteiger partial charge >= 0.3 is 6.09 Å². The highest BCUT2D eigenvalue weighted by molar-refractivity contribution is 6.06. The summed E-state index contributed by atoms with van der Waals surface area (Å²) in [6.07, 6.45) is 8.10. The summed E-state index contributed by atoms with van der Waals surface area (Å²) in [6, 6.07) is 21.4. The number of nitrogens with one attached hydrogen (secondary N) is 5. The number of carbonyl (C=O) groups is 5. The number of carbonyl (C=O) groups excluding carboxylic acids is 5. The fourth-order valence-electron chi connectivity index (χ4n) is 9.27. The maximum Gasteiger partial charge on any atom is 0.410 e. The summed E-state index contributed by atoms with van der Waals surface area (Å²) in [5, 5.41) is 21.5. The van der Waals surface area contributed by atoms with E-state index in [0.717, 1.165) is 48.2 Å². The van der Waals surface area contributed by atoms with Gasteiger partial charge in [-0.1, -0.05) is 30.7 Å². The number of imide groups is 1. The van der Waals surface area contributed by atoms with Gasteiger partial charge in [0.1, 0.15) is 35.0 Å². The third-order valence-corrected chi connectivity index (χ3v) is 13.2. The number of aromatic amines is 1. The van der Waals surface area contributed by atoms with Crippen molar-refractivity contribution in [2.24, 2.45) is 0 Å². The molecule has 5 N–H and O–H groups in total. The quantitative estimate of drug-likeness (QED) is 0.0329. The van der Waals surface area contributed by atoms with E-state index in [0.29, 0.717) is 113 Å². The molecule has 8 rings (SSSR count). The van der Waals surface area contributed by atoms with Crippen molar-refractivity contribution in [3.05, 3.63) is 113 Å². The summed E-state index contributed by atoms with van der Waals surface area (Å²) in [5.74, 6) is 0.667. The van der Waals surface area contributed by atoms with E-state index in [1.165, 1.54) is 6.33 Å². The largest absolute Gasteiger partial charge is 0.494 e. The molecule has 5 aromatic rings. The highest BCUT2D eigenvalue weighted by atomic mass is 16.6. The van der Waals surface area contributed by atoms with Crippen LogP contribution < -0.4 is 26.0 Å². The molecule has 5 heterocycles. The second-order valence-electron chi connectivity index (χ2n) is 19.8. The van der Waals surface area contributed by atoms with Crippen LogP contribution in [0.5, 0.6) is 5.75 Å². The Hall–Kier alpha value is -7.45. The number of amides is 5. The molecular formula is C54H67N11O9. The molecule has 0 bridgehead atoms. The van der Waals surface area contributed by atoms with Crippen LogP contribution in [0.4, 0.5) is 16.2 Å². The highest BCUT2D eigenvalue weighted by Gasteiger charge is 2.42. The number of nitrogens with zero attached hydrogens (tertiary/aromatic N) is 6. The average molecular weight is 1010 g/mol. The van der Waals surface area contributed by atoms with Crippen molar-refractivity contribution in [3.63, 3.8) is 0 Å². The third kappa shape index (κ3) is 13.8. The van der Waals surface area contributed by atoms with E-state index in [2.05, 4.69) is 46.4 Å². The molecule has 2 fully saturated rings. The predicted octanol–water partition coefficient (Wildman–Crippen LogP) is 6.94. The number of hydrogen-bond acceptors (Lipinski definition) is 15. The smallest absolute Gasteiger partial charge is 0.410 e. The zero-order valence-corrected chi connectivity index (χ0v) is 42.6. The Kier molecular flexibility index (Phi) is 17.5. The number of hydrogen-bond donors (Lipinski definition) is 5. The van der Waals surface area contributed by atoms with Crippen molar-refractivity contribution in [2.75, 3.05) is 63.3 Å². The molecular weight excluding hydrogens is 947 g/mol. The van der Waals surface area contributed by atoms with E-state index in [4.69, 9.17) is 18.9 Å². The second-order valence-corrected chi connectivity index (χ2v) is 19.8. The Morgan fingerprint density at radius 1 is 0.878 bits per heavy atom. The minimum absolute atomic E-state index is 0.199. The fraction of sp³-hybridized carbons (Fsp3) is 0.463. The van der Waals surface area contributed by atoms with Gasteiger partial charge in [0.05, 0.1) is 32.5 Å². The van der Waals surface area contributed by atoms with E-state index in [9.17, 15) is 24.0 Å². The number of H-pyrrole nitrogens is 1. The third-order valence-electron chi connectivity index (χ3n) is 13.2. The Morgan fingerprint density at radius 3 is 2.42 bits per heavy atom. The first-order valence-electron chi connectivity index (χ1n) is 25.5. The number of unbranched alkanes of at least 4 members (excludes halogenated alkanes) is 3. The van der Waals surface area contributed by atoms with Gasteiger partial charge < -0.3 is 49.7 Å². The summed E-state index contributed by atoms with van der Waals surface area (Å²) in [4.78, 5) is 78.8. The molecule has 74 heavy (non-hydrogen) atoms. The molecule has 3 aliphatic rings. The van der Waals surface area contributed by atoms with E-state index in [1.807, 2.05) is 82.3 Å². The molecule has 2 atom stereocenters. The number of fused-ring (bicyclic) bond motifs is 1. The minimum atomic E-state index is -0.751. The molecule has 3 aromatic carbocycles. The molecule has 0 saturated carbocycles. The summed E-state index contributed by atoms with van der Waals surface area (Å²) < 4.78 is 23.3. The number of piperidine rings is 2. The lowest BCUT2D eigenvalue weighted by Gasteiger charge is -2.41. The molecule has 0 radical (unpaired) electrons. The first-order chi connectivity index (χ1) is 35.7. The number of aromatic nitrogens is 5. The zero-order chi connectivity index (χ0) is 52.1. The molecule has 2 aromatic heterocycles. The Morgan fingerprint density at radius 2 is 1.65 bits per heavy atom. The number of rotatable bonds is 23. The van der Waals surface area contributed by atoms with Crippen LogP contribution in [0, 0.1) is 0 Å². The normalized spacial score (nSPS) is 16.8. The van der Waals surface area contributed by atoms with Gasteiger partial charge in [-0.3, -0.25) is 24.5 Å². The Bertz CT molecular complexity index is 2740. The molecule has 0 aliphatic carbocycles. The zero-order valence-electron chi connectivity index (χ0n) is 42.6. The Balaban J connectivity index is 0.718. The summed E-state index contributed by atoms with van der Waals surface area (Å²) >= 11 is 0. The van der Waals surface area contributed by atoms with Crippen LogP contribution in [0.2, 0.25) is 0 Å². The second kappa shape index (κ2) is 24.5. The lowest BCUT2D eigenvalue weighted by atomic mass is 9.86. The number of ether oxygens (including phenoxy) is 4. The lowest BCUT2D eigenvalue weighted by molar-refractivity contribution is -0.136. The van der Waals surface area contributed by atoms with Crippen molar-refractivity contribution in [3.8, 4) is 17.3 Å². The van der Waals surface area contributed by atoms with Crippen LogP contribution in [0.3, 0.4) is 0 Å². The molecule has 5 amide bonds. The van der Waals surface area contributed by atoms with Crippen LogP contribution in [-0.2, 0) is 35.9 Å². The monoisotopic (exact) mass is 1010 g/mol. The fourth-order valence-corrected chi connectivity index (χ4v) is 9.27. The molecule has 1 unspecified atom stereocenters. The van der Waals surface area contributed by atoms with Crippen molar-refractivity contribution in [1.29, 1.82) is 0 Å². The number of anilines is 2. The highest BCUT2D eigenvalue weighted by Crippen LogP contribution is 2.37. The molecule has 20 nitrogen and oxygen atoms in total. The minimum Gasteiger partial charge on any atom is -0.494 e. The first-order valence-corrected chi connectivity index (χ1v) is 25.5. The predicted molar refractivity (Wildman–Crippen MR) is 275 cm³/mol. The van der Waals surface area contributed by atoms with Gasteiger partial charge in [-0.2, -0.15) is 0 Å². The van der Waals surface area contributed by atoms with Gasteiger partial charge in [-0.25, -0.2) is 14.8 Å². The summed E-state index contributed by atoms with van der Waals surface area (Å²) in [6.45, 7) is 11.8. The van der Waals surface area contributed by atoms with Crippen molar-refractivity contribution in [2.45, 2.75) is 109 Å². The van der Waals surface area contributed by atoms with Crippen molar-refractivity contribution < 1.29 is 42.9 Å². The van der Waals surface area contributed by atoms with E-state index < -0.39 is 23.1 Å². The van der Waals surface area contributed by atoms with Gasteiger partial charge in [0.2, 0.25) is 11.8 Å². The van der Waals surface area contributed by atoms with Gasteiger partial charge in [-0.05, 0) is 120 Å². The molecule has 392 valence electrons. The van der Waals surface area contributed by atoms with E-state index in [-0.39, 0.29) is 36.3 Å². The van der Waals surface area contributed by atoms with Gasteiger partial charge in [0, 0.05) is 73.5 Å². The van der Waals surface area contributed by atoms with Gasteiger partial charge in [0.15, 0.2) is 11.6 Å². The molecule has 0 spiro atoms. The van der Waals surface area contributed by atoms with Crippen LogP contribution in [0.1, 0.15) is 123 Å². The maximum atomic E-state index is 13.7. The van der Waals surface area contributed by atoms with Gasteiger partial charge in [0.25, 0.3) is 11.8 Å². The first kappa shape index (κ1) is 52.9. The van der Waals surface area contributed by atoms with Gasteiger partial charge in [-0.15, -0.1) is 10.2 Å². The lowest BCUT2D eigenvalue weighted by Crippen LogP contribution is -2.52. The molecule has 2 saturated heterocycles. The molecule has 20 heteroatoms. The van der Waals surface area contributed by atoms with Crippen LogP contribution in [-0.4, -0.2) is 129 Å². The van der Waals surface area contributed by atoms with Crippen LogP contribution in [0.25, 0.3) is 11.5 Å². The number of likely N-dealkylation sites (tertiary alicyclic amines) is 1. The summed E-state index contributed by atoms with van der Waals surface area (Å²) in [5.41, 5.74) is 3.58. The maximum absolute atomic E-state index is 13.7. The van der Waals surface area contributed by atoms with E-state index >= 15 is 0 Å². The molecule has 3 aliphatic heterocycles. The topological polar surface area (TPSA) is 244 Å². The SMILES string of the molecule is C[C@@H](NC(=O)c1cccc(NC2(c3nnc(-c4ccncn4)[nH]3)CCN(C(=O)OC(C)(C)C)CC2)c1)c1cccc(OCCCCCCOCCOCCNc2cccc3c2CN(C2CCC(=O)NC2=O)C3=O)c1. The van der Waals surface area contributed by atoms with Crippen LogP contribution >= 0.6 is 0 Å². The number of benzene rings is 3. The van der Waals surface area contributed by atoms with Crippen LogP contribution in [0.15, 0.2) is 85.3 Å². The van der Waals surface area contributed by atoms with Crippen molar-refractivity contribution in [1.82, 2.24) is 45.6 Å². The summed E-state index contributed by atoms with van der Waals surface area (Å²) in [7, 11) is 0. The average Bonchev–Trinajstić information content (AvgIpc) is 4.03. The van der Waals surface area contributed by atoms with E-state index in [1.54, 1.807) is 34.2 Å². The Labute approximate surface area is 431 Å². The standard InChI is InChI=1S/C54H67N11O9/c1-36(58-48(67)38-13-9-14-39(32-38)61-54(21-25-64(26-22-54)52(70)74-53(2,3)4)51-60-47(62-63-51)44-20-23-55-35-57-44)37-12-10-15-40(33-37)73-28-8-6-5-7-27-71-30-31-72-29-24-56-43-17-11-16-41-42(43)34-65(50(41)69)45-18-19-46(66)59-49(45)68/h9-17,20,23,32-33,35-36,45,56,61H,5-8,18-19,21-22,24-31,34H2,1-4H3,(H,58,67)(H,59,66,68)(H,60,62,63)/t36-,45?/m1/s1. The van der Waals surface area contributed by atoms with Crippen molar-refractivity contribution >= 4 is 41.1 Å².